The molecule has 0 saturated carbocycles. The van der Waals surface area contributed by atoms with Gasteiger partial charge in [0.05, 0.1) is 13.2 Å². The zero-order chi connectivity index (χ0) is 11.6. The Labute approximate surface area is 97.0 Å². The molecule has 16 heavy (non-hydrogen) atoms. The van der Waals surface area contributed by atoms with Crippen molar-refractivity contribution in [1.29, 1.82) is 0 Å². The molecule has 0 aliphatic rings. The predicted molar refractivity (Wildman–Crippen MR) is 63.6 cm³/mol. The molecule has 0 unspecified atom stereocenters. The van der Waals surface area contributed by atoms with Crippen LogP contribution in [0.3, 0.4) is 0 Å². The Balaban J connectivity index is 2.12. The third kappa shape index (κ3) is 5.14. The minimum Gasteiger partial charge on any atom is -0.491 e. The Morgan fingerprint density at radius 1 is 1.06 bits per heavy atom. The van der Waals surface area contributed by atoms with E-state index in [1.807, 2.05) is 24.3 Å². The summed E-state index contributed by atoms with van der Waals surface area (Å²) in [7, 11) is 0. The van der Waals surface area contributed by atoms with E-state index in [4.69, 9.17) is 14.6 Å². The van der Waals surface area contributed by atoms with Crippen LogP contribution in [0.5, 0.6) is 5.75 Å². The Bertz CT molecular complexity index is 269. The summed E-state index contributed by atoms with van der Waals surface area (Å²) in [6.45, 7) is 4.22. The maximum absolute atomic E-state index is 8.86. The zero-order valence-corrected chi connectivity index (χ0v) is 9.82. The smallest absolute Gasteiger partial charge is 0.119 e. The van der Waals surface area contributed by atoms with Crippen molar-refractivity contribution in [3.8, 4) is 5.75 Å². The fourth-order valence-corrected chi connectivity index (χ4v) is 1.26. The summed E-state index contributed by atoms with van der Waals surface area (Å²) in [5.74, 6) is 0.816. The van der Waals surface area contributed by atoms with Crippen molar-refractivity contribution >= 4 is 0 Å². The summed E-state index contributed by atoms with van der Waals surface area (Å²) in [6.07, 6.45) is 2.26. The van der Waals surface area contributed by atoms with Crippen molar-refractivity contribution < 1.29 is 14.6 Å². The quantitative estimate of drug-likeness (QED) is 0.689. The molecule has 0 fully saturated rings. The average molecular weight is 224 g/mol. The summed E-state index contributed by atoms with van der Waals surface area (Å²) < 4.78 is 10.9. The van der Waals surface area contributed by atoms with Gasteiger partial charge in [0.2, 0.25) is 0 Å². The normalized spacial score (nSPS) is 10.4. The Morgan fingerprint density at radius 2 is 1.81 bits per heavy atom. The molecule has 1 aromatic rings. The molecule has 3 nitrogen and oxygen atoms in total. The van der Waals surface area contributed by atoms with Gasteiger partial charge in [-0.15, -0.1) is 0 Å². The highest BCUT2D eigenvalue weighted by molar-refractivity contribution is 5.26. The van der Waals surface area contributed by atoms with Gasteiger partial charge in [0.25, 0.3) is 0 Å². The van der Waals surface area contributed by atoms with E-state index in [1.54, 1.807) is 0 Å². The van der Waals surface area contributed by atoms with Gasteiger partial charge in [-0.2, -0.15) is 0 Å². The second kappa shape index (κ2) is 8.13. The molecule has 0 aliphatic carbocycles. The third-order valence-corrected chi connectivity index (χ3v) is 2.24. The van der Waals surface area contributed by atoms with Gasteiger partial charge in [0.15, 0.2) is 0 Å². The SMILES string of the molecule is CCCCOCCOc1ccc(CO)cc1. The third-order valence-electron chi connectivity index (χ3n) is 2.24. The molecule has 1 N–H and O–H groups in total. The van der Waals surface area contributed by atoms with Crippen molar-refractivity contribution in [2.75, 3.05) is 19.8 Å². The standard InChI is InChI=1S/C13H20O3/c1-2-3-8-15-9-10-16-13-6-4-12(11-14)5-7-13/h4-7,14H,2-3,8-11H2,1H3. The molecule has 90 valence electrons. The van der Waals surface area contributed by atoms with E-state index in [0.717, 1.165) is 30.8 Å². The van der Waals surface area contributed by atoms with Gasteiger partial charge in [-0.3, -0.25) is 0 Å². The summed E-state index contributed by atoms with van der Waals surface area (Å²) >= 11 is 0. The number of unbranched alkanes of at least 4 members (excludes halogenated alkanes) is 1. The van der Waals surface area contributed by atoms with Crippen LogP contribution in [0.2, 0.25) is 0 Å². The van der Waals surface area contributed by atoms with Crippen LogP contribution in [-0.4, -0.2) is 24.9 Å². The van der Waals surface area contributed by atoms with Crippen molar-refractivity contribution in [1.82, 2.24) is 0 Å². The van der Waals surface area contributed by atoms with Crippen LogP contribution >= 0.6 is 0 Å². The van der Waals surface area contributed by atoms with E-state index >= 15 is 0 Å². The van der Waals surface area contributed by atoms with Crippen LogP contribution in [0.1, 0.15) is 25.3 Å². The van der Waals surface area contributed by atoms with Crippen LogP contribution in [0, 0.1) is 0 Å². The van der Waals surface area contributed by atoms with E-state index in [2.05, 4.69) is 6.92 Å². The number of benzene rings is 1. The van der Waals surface area contributed by atoms with Crippen LogP contribution in [0.25, 0.3) is 0 Å². The summed E-state index contributed by atoms with van der Waals surface area (Å²) in [4.78, 5) is 0. The van der Waals surface area contributed by atoms with Gasteiger partial charge >= 0.3 is 0 Å². The van der Waals surface area contributed by atoms with Gasteiger partial charge < -0.3 is 14.6 Å². The Kier molecular flexibility index (Phi) is 6.61. The number of hydrogen-bond donors (Lipinski definition) is 1. The van der Waals surface area contributed by atoms with Crippen molar-refractivity contribution in [3.63, 3.8) is 0 Å². The highest BCUT2D eigenvalue weighted by Gasteiger charge is 1.94. The van der Waals surface area contributed by atoms with Crippen LogP contribution in [0.15, 0.2) is 24.3 Å². The first kappa shape index (κ1) is 13.0. The average Bonchev–Trinajstić information content (AvgIpc) is 2.34. The molecular weight excluding hydrogens is 204 g/mol. The zero-order valence-electron chi connectivity index (χ0n) is 9.82. The number of hydrogen-bond acceptors (Lipinski definition) is 3. The van der Waals surface area contributed by atoms with Crippen molar-refractivity contribution in [3.05, 3.63) is 29.8 Å². The topological polar surface area (TPSA) is 38.7 Å². The molecule has 0 aromatic heterocycles. The molecule has 0 aliphatic heterocycles. The molecule has 3 heteroatoms. The molecular formula is C13H20O3. The summed E-state index contributed by atoms with van der Waals surface area (Å²) in [5, 5.41) is 8.86. The van der Waals surface area contributed by atoms with Gasteiger partial charge in [0.1, 0.15) is 12.4 Å². The van der Waals surface area contributed by atoms with E-state index in [1.165, 1.54) is 0 Å². The molecule has 0 atom stereocenters. The van der Waals surface area contributed by atoms with Gasteiger partial charge in [-0.05, 0) is 24.1 Å². The molecule has 1 rings (SSSR count). The molecule has 0 radical (unpaired) electrons. The first-order valence-electron chi connectivity index (χ1n) is 5.77. The molecule has 0 spiro atoms. The van der Waals surface area contributed by atoms with E-state index in [9.17, 15) is 0 Å². The second-order valence-corrected chi connectivity index (χ2v) is 3.62. The Hall–Kier alpha value is -1.06. The minimum absolute atomic E-state index is 0.0699. The summed E-state index contributed by atoms with van der Waals surface area (Å²) in [5.41, 5.74) is 0.895. The fraction of sp³-hybridized carbons (Fsp3) is 0.538. The van der Waals surface area contributed by atoms with Gasteiger partial charge in [-0.1, -0.05) is 25.5 Å². The fourth-order valence-electron chi connectivity index (χ4n) is 1.26. The molecule has 0 bridgehead atoms. The number of ether oxygens (including phenoxy) is 2. The lowest BCUT2D eigenvalue weighted by Crippen LogP contribution is -2.07. The first-order chi connectivity index (χ1) is 7.86. The molecule has 1 aromatic carbocycles. The largest absolute Gasteiger partial charge is 0.491 e. The minimum atomic E-state index is 0.0699. The van der Waals surface area contributed by atoms with Crippen LogP contribution in [-0.2, 0) is 11.3 Å². The summed E-state index contributed by atoms with van der Waals surface area (Å²) in [6, 6.07) is 7.43. The maximum atomic E-state index is 8.86. The van der Waals surface area contributed by atoms with E-state index < -0.39 is 0 Å². The number of aliphatic hydroxyl groups is 1. The van der Waals surface area contributed by atoms with E-state index in [0.29, 0.717) is 13.2 Å². The molecule has 0 heterocycles. The lowest BCUT2D eigenvalue weighted by Gasteiger charge is -2.07. The Morgan fingerprint density at radius 3 is 2.44 bits per heavy atom. The van der Waals surface area contributed by atoms with Gasteiger partial charge in [-0.25, -0.2) is 0 Å². The molecule has 0 saturated heterocycles. The van der Waals surface area contributed by atoms with E-state index in [-0.39, 0.29) is 6.61 Å². The first-order valence-corrected chi connectivity index (χ1v) is 5.77. The van der Waals surface area contributed by atoms with Crippen molar-refractivity contribution in [2.24, 2.45) is 0 Å². The highest BCUT2D eigenvalue weighted by Crippen LogP contribution is 2.11. The van der Waals surface area contributed by atoms with Crippen LogP contribution in [0.4, 0.5) is 0 Å². The van der Waals surface area contributed by atoms with Gasteiger partial charge in [0, 0.05) is 6.61 Å². The van der Waals surface area contributed by atoms with Crippen LogP contribution < -0.4 is 4.74 Å². The number of aliphatic hydroxyl groups excluding tert-OH is 1. The monoisotopic (exact) mass is 224 g/mol. The lowest BCUT2D eigenvalue weighted by molar-refractivity contribution is 0.0980. The maximum Gasteiger partial charge on any atom is 0.119 e. The highest BCUT2D eigenvalue weighted by atomic mass is 16.5. The second-order valence-electron chi connectivity index (χ2n) is 3.62. The number of rotatable bonds is 8. The lowest BCUT2D eigenvalue weighted by atomic mass is 10.2. The molecule has 0 amide bonds. The van der Waals surface area contributed by atoms with Crippen molar-refractivity contribution in [2.45, 2.75) is 26.4 Å². The predicted octanol–water partition coefficient (Wildman–Crippen LogP) is 2.37.